The maximum absolute atomic E-state index is 5.69. The molecular weight excluding hydrogens is 306 g/mol. The smallest absolute Gasteiger partial charge is 0.176 e. The maximum Gasteiger partial charge on any atom is 0.176 e. The van der Waals surface area contributed by atoms with Crippen LogP contribution < -0.4 is 10.6 Å². The lowest BCUT2D eigenvalue weighted by atomic mass is 10.0. The Morgan fingerprint density at radius 1 is 1.45 bits per heavy atom. The molecule has 1 atom stereocenters. The Bertz CT molecular complexity index is 585. The first-order chi connectivity index (χ1) is 9.40. The molecule has 0 amide bonds. The summed E-state index contributed by atoms with van der Waals surface area (Å²) in [5, 5.41) is 0.837. The Balaban J connectivity index is 2.03. The Kier molecular flexibility index (Phi) is 3.43. The van der Waals surface area contributed by atoms with Crippen LogP contribution in [0.15, 0.2) is 29.2 Å². The van der Waals surface area contributed by atoms with Gasteiger partial charge < -0.3 is 15.5 Å². The monoisotopic (exact) mass is 323 g/mol. The summed E-state index contributed by atoms with van der Waals surface area (Å²) in [7, 11) is 0. The molecule has 1 aromatic rings. The predicted molar refractivity (Wildman–Crippen MR) is 93.6 cm³/mol. The second-order valence-electron chi connectivity index (χ2n) is 5.69. The van der Waals surface area contributed by atoms with Gasteiger partial charge in [-0.2, -0.15) is 0 Å². The molecule has 2 aliphatic heterocycles. The van der Waals surface area contributed by atoms with Gasteiger partial charge in [-0.15, -0.1) is 11.8 Å². The number of fused-ring (bicyclic) bond motifs is 3. The van der Waals surface area contributed by atoms with E-state index < -0.39 is 0 Å². The van der Waals surface area contributed by atoms with Gasteiger partial charge in [0.2, 0.25) is 0 Å². The molecule has 1 saturated heterocycles. The third kappa shape index (κ3) is 2.19. The lowest BCUT2D eigenvalue weighted by molar-refractivity contribution is 0.446. The van der Waals surface area contributed by atoms with E-state index in [1.165, 1.54) is 10.6 Å². The fourth-order valence-corrected chi connectivity index (χ4v) is 4.69. The summed E-state index contributed by atoms with van der Waals surface area (Å²) in [4.78, 5) is 6.17. The van der Waals surface area contributed by atoms with Gasteiger partial charge in [-0.25, -0.2) is 0 Å². The summed E-state index contributed by atoms with van der Waals surface area (Å²) < 4.78 is 0.101. The van der Waals surface area contributed by atoms with Crippen molar-refractivity contribution in [1.82, 2.24) is 4.90 Å². The molecule has 2 heterocycles. The van der Waals surface area contributed by atoms with Crippen LogP contribution in [0.4, 0.5) is 5.69 Å². The number of rotatable bonds is 2. The zero-order chi connectivity index (χ0) is 14.5. The summed E-state index contributed by atoms with van der Waals surface area (Å²) in [5.41, 5.74) is 6.90. The van der Waals surface area contributed by atoms with Gasteiger partial charge in [0.15, 0.2) is 5.11 Å². The van der Waals surface area contributed by atoms with Crippen LogP contribution in [0.2, 0.25) is 0 Å². The second-order valence-corrected chi connectivity index (χ2v) is 8.27. The molecule has 1 unspecified atom stereocenters. The largest absolute Gasteiger partial charge is 0.392 e. The van der Waals surface area contributed by atoms with E-state index in [9.17, 15) is 0 Å². The van der Waals surface area contributed by atoms with Crippen LogP contribution >= 0.6 is 36.2 Å². The van der Waals surface area contributed by atoms with Crippen molar-refractivity contribution in [3.05, 3.63) is 24.3 Å². The molecule has 0 radical (unpaired) electrons. The highest BCUT2D eigenvalue weighted by atomic mass is 32.2. The number of para-hydroxylation sites is 1. The van der Waals surface area contributed by atoms with Crippen molar-refractivity contribution in [2.45, 2.75) is 29.5 Å². The van der Waals surface area contributed by atoms with Gasteiger partial charge in [0.05, 0.1) is 23.3 Å². The Labute approximate surface area is 134 Å². The highest BCUT2D eigenvalue weighted by Crippen LogP contribution is 2.49. The van der Waals surface area contributed by atoms with Crippen molar-refractivity contribution in [3.8, 4) is 0 Å². The molecule has 0 aliphatic carbocycles. The van der Waals surface area contributed by atoms with Crippen LogP contribution in [0.25, 0.3) is 0 Å². The number of anilines is 1. The highest BCUT2D eigenvalue weighted by Gasteiger charge is 2.48. The average Bonchev–Trinajstić information content (AvgIpc) is 2.67. The van der Waals surface area contributed by atoms with Crippen LogP contribution in [-0.2, 0) is 0 Å². The molecule has 0 saturated carbocycles. The van der Waals surface area contributed by atoms with Crippen molar-refractivity contribution in [2.24, 2.45) is 5.73 Å². The van der Waals surface area contributed by atoms with Crippen LogP contribution in [0.1, 0.15) is 13.8 Å². The third-order valence-corrected chi connectivity index (χ3v) is 5.78. The first-order valence-electron chi connectivity index (χ1n) is 6.54. The van der Waals surface area contributed by atoms with E-state index in [0.717, 1.165) is 11.7 Å². The van der Waals surface area contributed by atoms with Gasteiger partial charge in [0, 0.05) is 16.2 Å². The molecule has 1 aromatic carbocycles. The minimum atomic E-state index is 0.101. The summed E-state index contributed by atoms with van der Waals surface area (Å²) >= 11 is 12.6. The third-order valence-electron chi connectivity index (χ3n) is 3.83. The maximum atomic E-state index is 5.69. The minimum Gasteiger partial charge on any atom is -0.392 e. The number of hydrogen-bond donors (Lipinski definition) is 1. The fourth-order valence-electron chi connectivity index (χ4n) is 2.87. The van der Waals surface area contributed by atoms with Gasteiger partial charge in [0.25, 0.3) is 0 Å². The SMILES string of the molecule is CC1(C)Sc2ccccc2N2C(=S)N(CC(N)=S)CC21. The van der Waals surface area contributed by atoms with Crippen LogP contribution in [-0.4, -0.2) is 38.9 Å². The standard InChI is InChI=1S/C14H17N3S3/c1-14(2)11-7-16(8-12(15)18)13(19)17(11)9-5-3-4-6-10(9)20-14/h3-6,11H,7-8H2,1-2H3,(H2,15,18). The molecule has 6 heteroatoms. The van der Waals surface area contributed by atoms with Crippen molar-refractivity contribution in [2.75, 3.05) is 18.0 Å². The van der Waals surface area contributed by atoms with Gasteiger partial charge in [-0.1, -0.05) is 24.4 Å². The highest BCUT2D eigenvalue weighted by molar-refractivity contribution is 8.01. The lowest BCUT2D eigenvalue weighted by Gasteiger charge is -2.42. The molecule has 2 aliphatic rings. The zero-order valence-electron chi connectivity index (χ0n) is 11.5. The summed E-state index contributed by atoms with van der Waals surface area (Å²) in [5.74, 6) is 0. The van der Waals surface area contributed by atoms with Gasteiger partial charge in [-0.3, -0.25) is 0 Å². The Hall–Kier alpha value is -0.850. The van der Waals surface area contributed by atoms with E-state index in [-0.39, 0.29) is 4.75 Å². The minimum absolute atomic E-state index is 0.101. The topological polar surface area (TPSA) is 32.5 Å². The fraction of sp³-hybridized carbons (Fsp3) is 0.429. The Morgan fingerprint density at radius 2 is 2.15 bits per heavy atom. The van der Waals surface area contributed by atoms with Crippen molar-refractivity contribution >= 4 is 52.0 Å². The van der Waals surface area contributed by atoms with Gasteiger partial charge >= 0.3 is 0 Å². The Morgan fingerprint density at radius 3 is 2.85 bits per heavy atom. The zero-order valence-corrected chi connectivity index (χ0v) is 13.9. The molecule has 3 rings (SSSR count). The number of nitrogens with zero attached hydrogens (tertiary/aromatic N) is 2. The molecule has 0 aromatic heterocycles. The number of benzene rings is 1. The van der Waals surface area contributed by atoms with E-state index in [4.69, 9.17) is 30.2 Å². The molecule has 0 bridgehead atoms. The van der Waals surface area contributed by atoms with Crippen LogP contribution in [0, 0.1) is 0 Å². The number of thiocarbonyl (C=S) groups is 2. The van der Waals surface area contributed by atoms with Crippen LogP contribution in [0.3, 0.4) is 0 Å². The van der Waals surface area contributed by atoms with Gasteiger partial charge in [-0.05, 0) is 38.2 Å². The number of hydrogen-bond acceptors (Lipinski definition) is 3. The molecular formula is C14H17N3S3. The number of nitrogens with two attached hydrogens (primary N) is 1. The van der Waals surface area contributed by atoms with E-state index in [0.29, 0.717) is 17.6 Å². The summed E-state index contributed by atoms with van der Waals surface area (Å²) in [6.07, 6.45) is 0. The quantitative estimate of drug-likeness (QED) is 0.843. The first-order valence-corrected chi connectivity index (χ1v) is 8.18. The summed E-state index contributed by atoms with van der Waals surface area (Å²) in [6.45, 7) is 5.99. The molecule has 2 N–H and O–H groups in total. The molecule has 20 heavy (non-hydrogen) atoms. The summed E-state index contributed by atoms with van der Waals surface area (Å²) in [6, 6.07) is 8.80. The van der Waals surface area contributed by atoms with Crippen molar-refractivity contribution in [1.29, 1.82) is 0 Å². The van der Waals surface area contributed by atoms with Gasteiger partial charge in [0.1, 0.15) is 0 Å². The molecule has 0 spiro atoms. The van der Waals surface area contributed by atoms with E-state index >= 15 is 0 Å². The first kappa shape index (κ1) is 14.1. The van der Waals surface area contributed by atoms with Crippen molar-refractivity contribution in [3.63, 3.8) is 0 Å². The second kappa shape index (κ2) is 4.86. The van der Waals surface area contributed by atoms with Crippen molar-refractivity contribution < 1.29 is 0 Å². The normalized spacial score (nSPS) is 23.5. The van der Waals surface area contributed by atoms with E-state index in [2.05, 4.69) is 47.9 Å². The van der Waals surface area contributed by atoms with E-state index in [1.54, 1.807) is 0 Å². The van der Waals surface area contributed by atoms with Crippen LogP contribution in [0.5, 0.6) is 0 Å². The lowest BCUT2D eigenvalue weighted by Crippen LogP contribution is -2.49. The van der Waals surface area contributed by atoms with E-state index in [1.807, 2.05) is 11.8 Å². The average molecular weight is 324 g/mol. The predicted octanol–water partition coefficient (Wildman–Crippen LogP) is 2.63. The molecule has 1 fully saturated rings. The number of thioether (sulfide) groups is 1. The molecule has 106 valence electrons. The molecule has 3 nitrogen and oxygen atoms in total.